The summed E-state index contributed by atoms with van der Waals surface area (Å²) in [6.45, 7) is 4.78. The highest BCUT2D eigenvalue weighted by atomic mass is 16.7. The quantitative estimate of drug-likeness (QED) is 0.775. The molecule has 0 aromatic heterocycles. The van der Waals surface area contributed by atoms with E-state index >= 15 is 0 Å². The van der Waals surface area contributed by atoms with Gasteiger partial charge in [-0.1, -0.05) is 0 Å². The molecule has 2 bridgehead atoms. The van der Waals surface area contributed by atoms with Gasteiger partial charge in [0.1, 0.15) is 6.79 Å². The van der Waals surface area contributed by atoms with E-state index in [0.717, 1.165) is 30.5 Å². The number of fused-ring (bicyclic) bond motifs is 3. The van der Waals surface area contributed by atoms with Gasteiger partial charge in [-0.25, -0.2) is 0 Å². The van der Waals surface area contributed by atoms with Crippen LogP contribution >= 0.6 is 0 Å². The van der Waals surface area contributed by atoms with Gasteiger partial charge in [-0.2, -0.15) is 0 Å². The van der Waals surface area contributed by atoms with Crippen LogP contribution in [0.2, 0.25) is 0 Å². The van der Waals surface area contributed by atoms with Gasteiger partial charge in [0.05, 0.1) is 19.3 Å². The summed E-state index contributed by atoms with van der Waals surface area (Å²) in [5, 5.41) is 0. The van der Waals surface area contributed by atoms with Gasteiger partial charge in [-0.15, -0.1) is 0 Å². The van der Waals surface area contributed by atoms with Crippen molar-refractivity contribution in [1.82, 2.24) is 4.90 Å². The lowest BCUT2D eigenvalue weighted by Gasteiger charge is -2.53. The molecule has 20 heavy (non-hydrogen) atoms. The van der Waals surface area contributed by atoms with Crippen LogP contribution in [0.5, 0.6) is 0 Å². The smallest absolute Gasteiger partial charge is 0.146 e. The zero-order chi connectivity index (χ0) is 13.4. The zero-order valence-corrected chi connectivity index (χ0v) is 12.7. The number of ether oxygens (including phenoxy) is 2. The summed E-state index contributed by atoms with van der Waals surface area (Å²) in [7, 11) is 0. The molecule has 3 aliphatic carbocycles. The van der Waals surface area contributed by atoms with Crippen molar-refractivity contribution in [1.29, 1.82) is 0 Å². The molecule has 0 unspecified atom stereocenters. The van der Waals surface area contributed by atoms with Gasteiger partial charge < -0.3 is 9.47 Å². The van der Waals surface area contributed by atoms with Gasteiger partial charge >= 0.3 is 0 Å². The molecule has 0 N–H and O–H groups in total. The molecule has 0 atom stereocenters. The van der Waals surface area contributed by atoms with Crippen molar-refractivity contribution < 1.29 is 9.47 Å². The van der Waals surface area contributed by atoms with Crippen LogP contribution in [0.25, 0.3) is 0 Å². The topological polar surface area (TPSA) is 21.7 Å². The van der Waals surface area contributed by atoms with E-state index in [1.807, 2.05) is 0 Å². The van der Waals surface area contributed by atoms with Crippen LogP contribution in [0.3, 0.4) is 0 Å². The van der Waals surface area contributed by atoms with Gasteiger partial charge in [-0.05, 0) is 81.7 Å². The Morgan fingerprint density at radius 3 is 2.00 bits per heavy atom. The maximum atomic E-state index is 5.46. The number of nitrogens with zero attached hydrogens (tertiary/aromatic N) is 1. The molecular formula is C17H29NO2. The van der Waals surface area contributed by atoms with Gasteiger partial charge in [-0.3, -0.25) is 4.90 Å². The summed E-state index contributed by atoms with van der Waals surface area (Å²) >= 11 is 0. The highest BCUT2D eigenvalue weighted by molar-refractivity contribution is 4.97. The first-order valence-corrected chi connectivity index (χ1v) is 8.75. The molecule has 0 aromatic rings. The Kier molecular flexibility index (Phi) is 3.78. The molecule has 0 amide bonds. The Labute approximate surface area is 123 Å². The monoisotopic (exact) mass is 279 g/mol. The highest BCUT2D eigenvalue weighted by Crippen LogP contribution is 2.56. The molecule has 0 spiro atoms. The predicted molar refractivity (Wildman–Crippen MR) is 78.5 cm³/mol. The molecule has 5 fully saturated rings. The maximum Gasteiger partial charge on any atom is 0.146 e. The summed E-state index contributed by atoms with van der Waals surface area (Å²) in [4.78, 5) is 2.63. The summed E-state index contributed by atoms with van der Waals surface area (Å²) in [6.07, 6.45) is 12.1. The second-order valence-electron chi connectivity index (χ2n) is 7.67. The molecular weight excluding hydrogens is 250 g/mol. The molecule has 5 aliphatic rings. The van der Waals surface area contributed by atoms with E-state index in [1.54, 1.807) is 0 Å². The number of piperidine rings is 1. The lowest BCUT2D eigenvalue weighted by molar-refractivity contribution is -0.141. The van der Waals surface area contributed by atoms with Crippen molar-refractivity contribution in [3.63, 3.8) is 0 Å². The van der Waals surface area contributed by atoms with E-state index in [9.17, 15) is 0 Å². The lowest BCUT2D eigenvalue weighted by Crippen LogP contribution is -2.51. The Morgan fingerprint density at radius 1 is 0.800 bits per heavy atom. The average Bonchev–Trinajstić information content (AvgIpc) is 2.58. The summed E-state index contributed by atoms with van der Waals surface area (Å²) < 4.78 is 10.9. The van der Waals surface area contributed by atoms with Crippen molar-refractivity contribution in [2.75, 3.05) is 33.1 Å². The lowest BCUT2D eigenvalue weighted by atomic mass is 9.54. The number of rotatable bonds is 2. The highest BCUT2D eigenvalue weighted by Gasteiger charge is 2.46. The van der Waals surface area contributed by atoms with Crippen molar-refractivity contribution in [3.05, 3.63) is 0 Å². The average molecular weight is 279 g/mol. The largest absolute Gasteiger partial charge is 0.354 e. The summed E-state index contributed by atoms with van der Waals surface area (Å²) in [6, 6.07) is 0.518. The van der Waals surface area contributed by atoms with Crippen LogP contribution in [0.4, 0.5) is 0 Å². The summed E-state index contributed by atoms with van der Waals surface area (Å²) in [5.74, 6) is 2.10. The minimum atomic E-state index is 0.497. The first-order chi connectivity index (χ1) is 9.86. The first-order valence-electron chi connectivity index (χ1n) is 8.75. The minimum absolute atomic E-state index is 0.497. The third kappa shape index (κ3) is 2.42. The number of hydrogen-bond acceptors (Lipinski definition) is 3. The predicted octanol–water partition coefficient (Wildman–Crippen LogP) is 3.04. The second-order valence-corrected chi connectivity index (χ2v) is 7.67. The molecule has 2 aliphatic heterocycles. The van der Waals surface area contributed by atoms with Gasteiger partial charge in [0, 0.05) is 0 Å². The fourth-order valence-corrected chi connectivity index (χ4v) is 5.46. The molecule has 114 valence electrons. The second kappa shape index (κ2) is 5.58. The van der Waals surface area contributed by atoms with E-state index in [2.05, 4.69) is 4.90 Å². The van der Waals surface area contributed by atoms with Crippen LogP contribution in [0, 0.1) is 17.3 Å². The Balaban J connectivity index is 1.34. The standard InChI is InChI=1S/C17H29NO2/c1-6-17(7-2-14(1)3-8-17)15-4-9-18(10-5-15)16-11-19-13-20-12-16/h14-16H,1-13H2. The van der Waals surface area contributed by atoms with Gasteiger partial charge in [0.2, 0.25) is 0 Å². The Bertz CT molecular complexity index is 310. The molecule has 2 saturated heterocycles. The van der Waals surface area contributed by atoms with Crippen LogP contribution in [0.1, 0.15) is 51.4 Å². The molecule has 0 aromatic carbocycles. The number of likely N-dealkylation sites (tertiary alicyclic amines) is 1. The van der Waals surface area contributed by atoms with E-state index in [4.69, 9.17) is 9.47 Å². The van der Waals surface area contributed by atoms with Crippen LogP contribution in [-0.4, -0.2) is 44.0 Å². The van der Waals surface area contributed by atoms with E-state index in [-0.39, 0.29) is 0 Å². The third-order valence-corrected chi connectivity index (χ3v) is 6.85. The van der Waals surface area contributed by atoms with Gasteiger partial charge in [0.25, 0.3) is 0 Å². The molecule has 3 nitrogen and oxygen atoms in total. The number of hydrogen-bond donors (Lipinski definition) is 0. The Morgan fingerprint density at radius 2 is 1.40 bits per heavy atom. The normalized spacial score (nSPS) is 41.1. The maximum absolute atomic E-state index is 5.46. The van der Waals surface area contributed by atoms with Crippen molar-refractivity contribution >= 4 is 0 Å². The van der Waals surface area contributed by atoms with Crippen molar-refractivity contribution in [3.8, 4) is 0 Å². The third-order valence-electron chi connectivity index (χ3n) is 6.85. The zero-order valence-electron chi connectivity index (χ0n) is 12.7. The van der Waals surface area contributed by atoms with Crippen LogP contribution in [-0.2, 0) is 9.47 Å². The van der Waals surface area contributed by atoms with E-state index in [1.165, 1.54) is 64.5 Å². The minimum Gasteiger partial charge on any atom is -0.354 e. The Hall–Kier alpha value is -0.120. The fraction of sp³-hybridized carbons (Fsp3) is 1.00. The first kappa shape index (κ1) is 13.5. The SMILES string of the molecule is C1OCC(N2CCC(C34CCC(CC3)CC4)CC2)CO1. The van der Waals surface area contributed by atoms with E-state index in [0.29, 0.717) is 12.8 Å². The summed E-state index contributed by atoms with van der Waals surface area (Å²) in [5.41, 5.74) is 0.750. The van der Waals surface area contributed by atoms with E-state index < -0.39 is 0 Å². The molecule has 2 heterocycles. The van der Waals surface area contributed by atoms with Crippen molar-refractivity contribution in [2.24, 2.45) is 17.3 Å². The molecule has 3 saturated carbocycles. The fourth-order valence-electron chi connectivity index (χ4n) is 5.46. The molecule has 0 radical (unpaired) electrons. The molecule has 3 heteroatoms. The van der Waals surface area contributed by atoms with Crippen LogP contribution in [0.15, 0.2) is 0 Å². The van der Waals surface area contributed by atoms with Crippen molar-refractivity contribution in [2.45, 2.75) is 57.4 Å². The van der Waals surface area contributed by atoms with Gasteiger partial charge in [0.15, 0.2) is 0 Å². The van der Waals surface area contributed by atoms with Crippen LogP contribution < -0.4 is 0 Å². The molecule has 5 rings (SSSR count).